The van der Waals surface area contributed by atoms with Gasteiger partial charge in [-0.25, -0.2) is 31.9 Å². The number of hydrazine groups is 2. The zero-order valence-corrected chi connectivity index (χ0v) is 51.7. The van der Waals surface area contributed by atoms with Crippen molar-refractivity contribution in [1.29, 1.82) is 0 Å². The van der Waals surface area contributed by atoms with Crippen LogP contribution in [0.5, 0.6) is 0 Å². The minimum Gasteiger partial charge on any atom is -0.477 e. The molecule has 0 heterocycles. The van der Waals surface area contributed by atoms with Gasteiger partial charge < -0.3 is 26.2 Å². The van der Waals surface area contributed by atoms with Gasteiger partial charge in [-0.3, -0.25) is 60.0 Å². The number of carboxylic acids is 2. The fourth-order valence-electron chi connectivity index (χ4n) is 8.83. The molecule has 12 N–H and O–H groups in total. The minimum atomic E-state index is -5.71. The molecule has 0 aromatic heterocycles. The van der Waals surface area contributed by atoms with Gasteiger partial charge in [0.2, 0.25) is 11.8 Å². The molecular formula is C60H62F8N10O14S2. The van der Waals surface area contributed by atoms with Gasteiger partial charge in [-0.05, 0) is 152 Å². The molecule has 5 amide bonds. The van der Waals surface area contributed by atoms with Crippen LogP contribution in [0.25, 0.3) is 0 Å². The number of carbonyl (C=O) groups excluding carboxylic acids is 5. The first-order chi connectivity index (χ1) is 44.0. The third-order valence-corrected chi connectivity index (χ3v) is 17.0. The highest BCUT2D eigenvalue weighted by molar-refractivity contribution is 7.93. The van der Waals surface area contributed by atoms with Gasteiger partial charge in [-0.2, -0.15) is 35.1 Å². The van der Waals surface area contributed by atoms with E-state index in [1.807, 2.05) is 10.9 Å². The first-order valence-electron chi connectivity index (χ1n) is 27.9. The quantitative estimate of drug-likeness (QED) is 0.0104. The van der Waals surface area contributed by atoms with Crippen LogP contribution < -0.4 is 52.6 Å². The second-order valence-corrected chi connectivity index (χ2v) is 24.3. The Morgan fingerprint density at radius 1 is 0.468 bits per heavy atom. The Hall–Kier alpha value is -9.93. The summed E-state index contributed by atoms with van der Waals surface area (Å²) in [5.41, 5.74) is 12.9. The number of anilines is 6. The average molecular weight is 1360 g/mol. The van der Waals surface area contributed by atoms with Gasteiger partial charge in [-0.1, -0.05) is 61.4 Å². The van der Waals surface area contributed by atoms with Crippen molar-refractivity contribution in [1.82, 2.24) is 21.6 Å². The highest BCUT2D eigenvalue weighted by atomic mass is 32.2. The number of unbranched alkanes of at least 4 members (excludes halogenated alkanes) is 3. The Kier molecular flexibility index (Phi) is 23.9. The van der Waals surface area contributed by atoms with Gasteiger partial charge in [-0.15, -0.1) is 0 Å². The van der Waals surface area contributed by atoms with E-state index in [1.165, 1.54) is 49.0 Å². The maximum absolute atomic E-state index is 13.8. The lowest BCUT2D eigenvalue weighted by molar-refractivity contribution is -0.222. The van der Waals surface area contributed by atoms with Crippen LogP contribution in [0, 0.1) is 27.7 Å². The Morgan fingerprint density at radius 2 is 0.862 bits per heavy atom. The van der Waals surface area contributed by atoms with Crippen LogP contribution in [0.3, 0.4) is 0 Å². The average Bonchev–Trinajstić information content (AvgIpc) is 0.818. The summed E-state index contributed by atoms with van der Waals surface area (Å²) in [6.45, 7) is 7.30. The van der Waals surface area contributed by atoms with E-state index in [-0.39, 0.29) is 80.4 Å². The molecule has 6 aromatic carbocycles. The summed E-state index contributed by atoms with van der Waals surface area (Å²) in [5.74, 6) is -35.7. The van der Waals surface area contributed by atoms with Gasteiger partial charge in [0.25, 0.3) is 26.0 Å². The van der Waals surface area contributed by atoms with Crippen LogP contribution in [-0.2, 0) is 73.1 Å². The monoisotopic (exact) mass is 1360 g/mol. The van der Waals surface area contributed by atoms with Gasteiger partial charge in [0.1, 0.15) is 0 Å². The molecule has 6 aromatic rings. The van der Waals surface area contributed by atoms with Crippen molar-refractivity contribution >= 4 is 95.6 Å². The van der Waals surface area contributed by atoms with Crippen LogP contribution in [-0.4, -0.2) is 105 Å². The lowest BCUT2D eigenvalue weighted by Crippen LogP contribution is -2.57. The number of amides is 5. The fourth-order valence-corrected chi connectivity index (χ4v) is 11.4. The van der Waals surface area contributed by atoms with E-state index in [2.05, 4.69) is 30.9 Å². The van der Waals surface area contributed by atoms with E-state index in [4.69, 9.17) is 15.1 Å². The van der Waals surface area contributed by atoms with E-state index >= 15 is 0 Å². The molecule has 34 heteroatoms. The normalized spacial score (nSPS) is 12.0. The summed E-state index contributed by atoms with van der Waals surface area (Å²) >= 11 is 0. The Balaban J connectivity index is 0.877. The number of hydrogen-bond donors (Lipinski definition) is 12. The molecule has 0 atom stereocenters. The first kappa shape index (κ1) is 73.1. The number of carbonyl (C=O) groups is 7. The van der Waals surface area contributed by atoms with Gasteiger partial charge in [0.05, 0.1) is 40.6 Å². The van der Waals surface area contributed by atoms with Crippen molar-refractivity contribution in [3.63, 3.8) is 0 Å². The Labute approximate surface area is 532 Å². The maximum atomic E-state index is 13.8. The largest absolute Gasteiger partial charge is 0.477 e. The van der Waals surface area contributed by atoms with Crippen molar-refractivity contribution in [2.45, 2.75) is 106 Å². The zero-order valence-electron chi connectivity index (χ0n) is 50.0. The predicted molar refractivity (Wildman–Crippen MR) is 326 cm³/mol. The number of hydrogen-bond acceptors (Lipinski definition) is 15. The summed E-state index contributed by atoms with van der Waals surface area (Å²) in [7, 11) is -8.68. The molecule has 0 fully saturated rings. The molecule has 0 saturated heterocycles. The van der Waals surface area contributed by atoms with Gasteiger partial charge in [0.15, 0.2) is 0 Å². The topological polar surface area (TPSA) is 358 Å². The summed E-state index contributed by atoms with van der Waals surface area (Å²) in [5, 5.41) is 25.2. The van der Waals surface area contributed by atoms with E-state index in [9.17, 15) is 85.5 Å². The van der Waals surface area contributed by atoms with Crippen LogP contribution in [0.2, 0.25) is 0 Å². The summed E-state index contributed by atoms with van der Waals surface area (Å²) < 4.78 is 167. The van der Waals surface area contributed by atoms with Gasteiger partial charge >= 0.3 is 47.4 Å². The number of aryl methyl sites for hydroxylation is 2. The molecule has 0 saturated carbocycles. The molecule has 0 aliphatic rings. The van der Waals surface area contributed by atoms with Crippen molar-refractivity contribution in [2.75, 3.05) is 44.0 Å². The molecule has 0 aliphatic heterocycles. The number of hydroxylamine groups is 1. The third kappa shape index (κ3) is 18.4. The van der Waals surface area contributed by atoms with E-state index < -0.39 is 79.3 Å². The maximum Gasteiger partial charge on any atom is 0.413 e. The third-order valence-electron chi connectivity index (χ3n) is 13.9. The molecule has 0 radical (unpaired) electrons. The molecule has 0 unspecified atom stereocenters. The van der Waals surface area contributed by atoms with Crippen LogP contribution in [0.15, 0.2) is 131 Å². The summed E-state index contributed by atoms with van der Waals surface area (Å²) in [6, 6.07) is 28.0. The van der Waals surface area contributed by atoms with E-state index in [0.717, 1.165) is 73.4 Å². The van der Waals surface area contributed by atoms with Gasteiger partial charge in [0, 0.05) is 41.4 Å². The lowest BCUT2D eigenvalue weighted by atomic mass is 10.1. The summed E-state index contributed by atoms with van der Waals surface area (Å²) in [6.07, 6.45) is 2.72. The van der Waals surface area contributed by atoms with Crippen molar-refractivity contribution in [3.8, 4) is 0 Å². The molecule has 504 valence electrons. The standard InChI is InChI=1S/C60H62F8N10O14S2/c1-34-15-25-46(93(88,89)77-44-21-17-42(18-22-44)73-75-53(82)57(61,62)59(65,66)55(84)85)36(3)50(34)71-48(79)31-38-11-9-13-40(29-38)33-92-70-28-8-6-5-7-27-69-52(81)41-14-10-12-39(30-41)32-49(80)72-51-35(2)16-26-47(37(51)4)94(90,91)78-45-23-19-43(20-24-45)74-76-54(83)58(63,64)60(67,68)56(86)87/h9-26,29-30,70,73-74,77-78H,5-8,27-28,31-33H2,1-4H3,(H,69,81)(H,71,79)(H,72,80)(H,75,82)(H,76,83)(H,84,85)(H,86,87). The number of sulfonamides is 2. The number of carboxylic acid groups (broad SMARTS) is 2. The zero-order chi connectivity index (χ0) is 69.6. The van der Waals surface area contributed by atoms with Crippen LogP contribution in [0.4, 0.5) is 69.2 Å². The number of aliphatic carboxylic acids is 2. The fraction of sp³-hybridized carbons (Fsp3) is 0.283. The SMILES string of the molecule is Cc1ccc(S(=O)(=O)Nc2ccc(NNC(=O)C(F)(F)C(F)(F)C(=O)O)cc2)c(C)c1NC(=O)Cc1cccc(CONCCCCCCNC(=O)c2cccc(CC(=O)Nc3c(C)ccc(S(=O)(=O)Nc4ccc(NNC(=O)C(F)(F)C(F)(F)C(=O)O)cc4)c3C)c2)c1. The minimum absolute atomic E-state index is 0.0470. The number of benzene rings is 6. The molecule has 0 bridgehead atoms. The lowest BCUT2D eigenvalue weighted by Gasteiger charge is -2.22. The Morgan fingerprint density at radius 3 is 1.30 bits per heavy atom. The van der Waals surface area contributed by atoms with Crippen molar-refractivity contribution in [2.24, 2.45) is 0 Å². The van der Waals surface area contributed by atoms with Crippen molar-refractivity contribution < 1.29 is 101 Å². The van der Waals surface area contributed by atoms with Crippen LogP contribution >= 0.6 is 0 Å². The Bertz CT molecular complexity index is 4060. The second-order valence-electron chi connectivity index (χ2n) is 21.0. The van der Waals surface area contributed by atoms with Crippen molar-refractivity contribution in [3.05, 3.63) is 166 Å². The molecular weight excluding hydrogens is 1300 g/mol. The smallest absolute Gasteiger partial charge is 0.413 e. The molecule has 0 aliphatic carbocycles. The molecule has 0 spiro atoms. The van der Waals surface area contributed by atoms with Crippen LogP contribution in [0.1, 0.15) is 75.0 Å². The second kappa shape index (κ2) is 30.7. The first-order valence-corrected chi connectivity index (χ1v) is 30.9. The summed E-state index contributed by atoms with van der Waals surface area (Å²) in [4.78, 5) is 89.3. The highest BCUT2D eigenvalue weighted by Crippen LogP contribution is 2.37. The molecule has 6 rings (SSSR count). The highest BCUT2D eigenvalue weighted by Gasteiger charge is 2.68. The number of rotatable bonds is 33. The number of halogens is 8. The number of alkyl halides is 8. The molecule has 94 heavy (non-hydrogen) atoms. The number of nitrogens with one attached hydrogen (secondary N) is 10. The van der Waals surface area contributed by atoms with E-state index in [1.54, 1.807) is 62.4 Å². The predicted octanol–water partition coefficient (Wildman–Crippen LogP) is 8.49. The molecule has 24 nitrogen and oxygen atoms in total. The van der Waals surface area contributed by atoms with E-state index in [0.29, 0.717) is 47.3 Å².